The molecule has 2 heterocycles. The fourth-order valence-corrected chi connectivity index (χ4v) is 3.49. The second-order valence-corrected chi connectivity index (χ2v) is 6.92. The highest BCUT2D eigenvalue weighted by Gasteiger charge is 2.38. The summed E-state index contributed by atoms with van der Waals surface area (Å²) in [4.78, 5) is 20.7. The Balaban J connectivity index is 0.000000307. The number of nitrogen functional groups attached to an aromatic ring is 2. The molecular weight excluding hydrogens is 423 g/mol. The highest BCUT2D eigenvalue weighted by molar-refractivity contribution is 6.15. The molecule has 0 saturated heterocycles. The number of aliphatic carboxylic acids is 1. The van der Waals surface area contributed by atoms with Gasteiger partial charge >= 0.3 is 12.1 Å². The number of H-pyrrole nitrogens is 1. The van der Waals surface area contributed by atoms with Gasteiger partial charge in [0.15, 0.2) is 0 Å². The first-order chi connectivity index (χ1) is 15.1. The summed E-state index contributed by atoms with van der Waals surface area (Å²) in [5.74, 6) is -2.17. The molecule has 7 nitrogen and oxygen atoms in total. The molecule has 5 aromatic rings. The topological polar surface area (TPSA) is 131 Å². The molecule has 0 bridgehead atoms. The Kier molecular flexibility index (Phi) is 5.05. The van der Waals surface area contributed by atoms with Gasteiger partial charge < -0.3 is 21.6 Å². The Morgan fingerprint density at radius 2 is 1.66 bits per heavy atom. The number of aromatic amines is 1. The van der Waals surface area contributed by atoms with E-state index in [1.54, 1.807) is 0 Å². The minimum Gasteiger partial charge on any atom is -0.475 e. The van der Waals surface area contributed by atoms with Crippen molar-refractivity contribution in [3.05, 3.63) is 60.8 Å². The molecule has 6 N–H and O–H groups in total. The van der Waals surface area contributed by atoms with Crippen LogP contribution >= 0.6 is 0 Å². The number of anilines is 2. The van der Waals surface area contributed by atoms with Crippen molar-refractivity contribution in [3.8, 4) is 11.1 Å². The van der Waals surface area contributed by atoms with Crippen LogP contribution in [0.4, 0.5) is 24.9 Å². The molecule has 0 fully saturated rings. The normalized spacial score (nSPS) is 11.5. The molecule has 0 saturated carbocycles. The Hall–Kier alpha value is -4.34. The number of nitrogens with zero attached hydrogens (tertiary/aromatic N) is 2. The van der Waals surface area contributed by atoms with Crippen molar-refractivity contribution in [2.45, 2.75) is 6.18 Å². The average molecular weight is 439 g/mol. The van der Waals surface area contributed by atoms with Crippen molar-refractivity contribution >= 4 is 50.3 Å². The van der Waals surface area contributed by atoms with Crippen LogP contribution in [0.5, 0.6) is 0 Å². The number of alkyl halides is 3. The molecule has 162 valence electrons. The monoisotopic (exact) mass is 439 g/mol. The minimum absolute atomic E-state index is 0.185. The Labute approximate surface area is 178 Å². The fourth-order valence-electron chi connectivity index (χ4n) is 3.49. The van der Waals surface area contributed by atoms with Crippen molar-refractivity contribution in [2.75, 3.05) is 11.5 Å². The van der Waals surface area contributed by atoms with E-state index in [2.05, 4.69) is 45.3 Å². The lowest BCUT2D eigenvalue weighted by molar-refractivity contribution is -0.192. The lowest BCUT2D eigenvalue weighted by Gasteiger charge is -2.10. The lowest BCUT2D eigenvalue weighted by atomic mass is 9.97. The number of benzene rings is 3. The van der Waals surface area contributed by atoms with E-state index in [9.17, 15) is 13.2 Å². The van der Waals surface area contributed by atoms with Crippen molar-refractivity contribution in [3.63, 3.8) is 0 Å². The largest absolute Gasteiger partial charge is 0.490 e. The van der Waals surface area contributed by atoms with Crippen LogP contribution in [0, 0.1) is 0 Å². The van der Waals surface area contributed by atoms with E-state index in [0.717, 1.165) is 32.9 Å². The van der Waals surface area contributed by atoms with Gasteiger partial charge in [-0.15, -0.1) is 0 Å². The Morgan fingerprint density at radius 3 is 2.34 bits per heavy atom. The van der Waals surface area contributed by atoms with Crippen molar-refractivity contribution in [2.24, 2.45) is 0 Å². The van der Waals surface area contributed by atoms with Crippen molar-refractivity contribution in [1.29, 1.82) is 0 Å². The zero-order valence-electron chi connectivity index (χ0n) is 16.3. The van der Waals surface area contributed by atoms with E-state index in [1.165, 1.54) is 10.8 Å². The van der Waals surface area contributed by atoms with Gasteiger partial charge in [-0.05, 0) is 34.5 Å². The number of aromatic nitrogens is 3. The van der Waals surface area contributed by atoms with Crippen LogP contribution < -0.4 is 11.5 Å². The fraction of sp³-hybridized carbons (Fsp3) is 0.0455. The van der Waals surface area contributed by atoms with Gasteiger partial charge in [-0.3, -0.25) is 0 Å². The van der Waals surface area contributed by atoms with Gasteiger partial charge in [0.1, 0.15) is 5.82 Å². The molecule has 0 spiro atoms. The lowest BCUT2D eigenvalue weighted by Crippen LogP contribution is -2.21. The molecule has 0 aliphatic rings. The predicted molar refractivity (Wildman–Crippen MR) is 117 cm³/mol. The summed E-state index contributed by atoms with van der Waals surface area (Å²) in [5, 5.41) is 11.4. The molecule has 0 aliphatic heterocycles. The number of hydrogen-bond donors (Lipinski definition) is 4. The number of carbonyl (C=O) groups is 1. The third kappa shape index (κ3) is 3.85. The standard InChI is InChI=1S/C20H15N5.C2HF3O2/c21-19-17-14-7-8-23-18(14)15(10-16(17)24-20(22)25-19)13-6-5-11-3-1-2-4-12(11)9-13;3-2(4,5)1(6)7/h1-10,23H,(H4,21,22,24,25);(H,6,7). The van der Waals surface area contributed by atoms with Crippen LogP contribution in [0.15, 0.2) is 60.8 Å². The molecule has 32 heavy (non-hydrogen) atoms. The molecule has 0 unspecified atom stereocenters. The predicted octanol–water partition coefficient (Wildman–Crippen LogP) is 4.73. The van der Waals surface area contributed by atoms with E-state index in [1.807, 2.05) is 30.5 Å². The quantitative estimate of drug-likeness (QED) is 0.299. The Morgan fingerprint density at radius 1 is 0.969 bits per heavy atom. The van der Waals surface area contributed by atoms with Crippen molar-refractivity contribution in [1.82, 2.24) is 15.0 Å². The zero-order valence-corrected chi connectivity index (χ0v) is 16.3. The van der Waals surface area contributed by atoms with Crippen LogP contribution in [0.2, 0.25) is 0 Å². The molecule has 0 atom stereocenters. The molecule has 0 aliphatic carbocycles. The summed E-state index contributed by atoms with van der Waals surface area (Å²) >= 11 is 0. The molecule has 3 aromatic carbocycles. The summed E-state index contributed by atoms with van der Waals surface area (Å²) in [6.07, 6.45) is -3.18. The van der Waals surface area contributed by atoms with Gasteiger partial charge in [-0.2, -0.15) is 18.2 Å². The number of rotatable bonds is 1. The van der Waals surface area contributed by atoms with Crippen LogP contribution in [-0.4, -0.2) is 32.2 Å². The highest BCUT2D eigenvalue weighted by atomic mass is 19.4. The van der Waals surface area contributed by atoms with Crippen LogP contribution in [0.3, 0.4) is 0 Å². The highest BCUT2D eigenvalue weighted by Crippen LogP contribution is 2.36. The maximum absolute atomic E-state index is 10.6. The van der Waals surface area contributed by atoms with E-state index < -0.39 is 12.1 Å². The van der Waals surface area contributed by atoms with E-state index in [4.69, 9.17) is 21.4 Å². The van der Waals surface area contributed by atoms with E-state index in [0.29, 0.717) is 5.82 Å². The van der Waals surface area contributed by atoms with Gasteiger partial charge in [0.2, 0.25) is 5.95 Å². The number of carboxylic acid groups (broad SMARTS) is 1. The summed E-state index contributed by atoms with van der Waals surface area (Å²) in [7, 11) is 0. The van der Waals surface area contributed by atoms with E-state index in [-0.39, 0.29) is 5.95 Å². The van der Waals surface area contributed by atoms with Gasteiger partial charge in [0.05, 0.1) is 16.4 Å². The van der Waals surface area contributed by atoms with Gasteiger partial charge in [0, 0.05) is 17.1 Å². The number of carboxylic acids is 1. The van der Waals surface area contributed by atoms with Gasteiger partial charge in [-0.1, -0.05) is 36.4 Å². The molecule has 0 radical (unpaired) electrons. The molecular formula is C22H16F3N5O2. The summed E-state index contributed by atoms with van der Waals surface area (Å²) < 4.78 is 31.7. The minimum atomic E-state index is -5.08. The maximum atomic E-state index is 10.6. The van der Waals surface area contributed by atoms with Gasteiger partial charge in [0.25, 0.3) is 0 Å². The first kappa shape index (κ1) is 20.9. The zero-order chi connectivity index (χ0) is 23.0. The van der Waals surface area contributed by atoms with Crippen molar-refractivity contribution < 1.29 is 23.1 Å². The van der Waals surface area contributed by atoms with Crippen LogP contribution in [0.25, 0.3) is 43.7 Å². The summed E-state index contributed by atoms with van der Waals surface area (Å²) in [6, 6.07) is 18.8. The third-order valence-corrected chi connectivity index (χ3v) is 4.85. The third-order valence-electron chi connectivity index (χ3n) is 4.85. The van der Waals surface area contributed by atoms with Crippen LogP contribution in [0.1, 0.15) is 0 Å². The number of halogens is 3. The number of hydrogen-bond acceptors (Lipinski definition) is 5. The molecule has 2 aromatic heterocycles. The molecule has 10 heteroatoms. The smallest absolute Gasteiger partial charge is 0.475 e. The maximum Gasteiger partial charge on any atom is 0.490 e. The summed E-state index contributed by atoms with van der Waals surface area (Å²) in [5.41, 5.74) is 15.8. The first-order valence-corrected chi connectivity index (χ1v) is 9.27. The first-order valence-electron chi connectivity index (χ1n) is 9.27. The molecule has 5 rings (SSSR count). The number of fused-ring (bicyclic) bond motifs is 4. The summed E-state index contributed by atoms with van der Waals surface area (Å²) in [6.45, 7) is 0. The van der Waals surface area contributed by atoms with E-state index >= 15 is 0 Å². The Bertz CT molecular complexity index is 1480. The second-order valence-electron chi connectivity index (χ2n) is 6.92. The average Bonchev–Trinajstić information content (AvgIpc) is 3.21. The number of nitrogens with one attached hydrogen (secondary N) is 1. The second kappa shape index (κ2) is 7.73. The van der Waals surface area contributed by atoms with Crippen LogP contribution in [-0.2, 0) is 4.79 Å². The van der Waals surface area contributed by atoms with Gasteiger partial charge in [-0.25, -0.2) is 9.78 Å². The number of nitrogens with two attached hydrogens (primary N) is 2. The SMILES string of the molecule is Nc1nc(N)c2c(cc(-c3ccc4ccccc4c3)c3[nH]ccc32)n1.O=C(O)C(F)(F)F. The molecule has 0 amide bonds.